The molecule has 5 N–H and O–H groups in total. The number of aliphatic hydroxyl groups is 1. The number of anilines is 1. The smallest absolute Gasteiger partial charge is 0.0650 e. The van der Waals surface area contributed by atoms with Crippen molar-refractivity contribution in [3.63, 3.8) is 0 Å². The number of nitrogens with two attached hydrogens (primary N) is 2. The third-order valence-electron chi connectivity index (χ3n) is 2.07. The molecule has 14 heavy (non-hydrogen) atoms. The fraction of sp³-hybridized carbons (Fsp3) is 0.333. The highest BCUT2D eigenvalue weighted by Gasteiger charge is 2.21. The second-order valence-electron chi connectivity index (χ2n) is 3.43. The standard InChI is InChI=1S/C9H12Br2N2O/c1-9(13,4-14)5-2-6(10)8(12)7(11)3-5/h2-3,14H,4,12-13H2,1H3. The van der Waals surface area contributed by atoms with Crippen molar-refractivity contribution in [2.24, 2.45) is 5.73 Å². The Morgan fingerprint density at radius 1 is 1.36 bits per heavy atom. The van der Waals surface area contributed by atoms with Crippen LogP contribution in [0.1, 0.15) is 12.5 Å². The maximum absolute atomic E-state index is 9.11. The molecule has 1 unspecified atom stereocenters. The van der Waals surface area contributed by atoms with Crippen LogP contribution >= 0.6 is 31.9 Å². The van der Waals surface area contributed by atoms with Crippen molar-refractivity contribution in [1.29, 1.82) is 0 Å². The highest BCUT2D eigenvalue weighted by molar-refractivity contribution is 9.11. The number of rotatable bonds is 2. The molecule has 0 aliphatic carbocycles. The number of hydrogen-bond donors (Lipinski definition) is 3. The zero-order valence-electron chi connectivity index (χ0n) is 7.72. The first-order valence-electron chi connectivity index (χ1n) is 4.03. The summed E-state index contributed by atoms with van der Waals surface area (Å²) in [7, 11) is 0. The fourth-order valence-electron chi connectivity index (χ4n) is 1.01. The van der Waals surface area contributed by atoms with E-state index in [1.165, 1.54) is 0 Å². The van der Waals surface area contributed by atoms with E-state index in [0.29, 0.717) is 5.69 Å². The summed E-state index contributed by atoms with van der Waals surface area (Å²) >= 11 is 6.65. The Labute approximate surface area is 99.7 Å². The molecule has 0 aromatic heterocycles. The summed E-state index contributed by atoms with van der Waals surface area (Å²) in [6, 6.07) is 3.63. The van der Waals surface area contributed by atoms with Gasteiger partial charge in [-0.1, -0.05) is 0 Å². The van der Waals surface area contributed by atoms with E-state index in [9.17, 15) is 0 Å². The number of nitrogen functional groups attached to an aromatic ring is 1. The lowest BCUT2D eigenvalue weighted by Gasteiger charge is -2.23. The van der Waals surface area contributed by atoms with Gasteiger partial charge in [0.2, 0.25) is 0 Å². The number of hydrogen-bond acceptors (Lipinski definition) is 3. The number of halogens is 2. The van der Waals surface area contributed by atoms with Crippen LogP contribution in [0.5, 0.6) is 0 Å². The summed E-state index contributed by atoms with van der Waals surface area (Å²) in [6.45, 7) is 1.65. The molecule has 1 aromatic carbocycles. The van der Waals surface area contributed by atoms with Crippen molar-refractivity contribution in [3.05, 3.63) is 26.6 Å². The lowest BCUT2D eigenvalue weighted by molar-refractivity contribution is 0.210. The van der Waals surface area contributed by atoms with Gasteiger partial charge in [-0.3, -0.25) is 0 Å². The Bertz CT molecular complexity index is 330. The lowest BCUT2D eigenvalue weighted by Crippen LogP contribution is -2.37. The van der Waals surface area contributed by atoms with Crippen LogP contribution in [-0.2, 0) is 5.54 Å². The molecule has 0 saturated carbocycles. The summed E-state index contributed by atoms with van der Waals surface area (Å²) in [5.41, 5.74) is 12.3. The Hall–Kier alpha value is -0.100. The van der Waals surface area contributed by atoms with Gasteiger partial charge in [-0.2, -0.15) is 0 Å². The van der Waals surface area contributed by atoms with Gasteiger partial charge >= 0.3 is 0 Å². The summed E-state index contributed by atoms with van der Waals surface area (Å²) in [5.74, 6) is 0. The highest BCUT2D eigenvalue weighted by Crippen LogP contribution is 2.32. The van der Waals surface area contributed by atoms with Gasteiger partial charge in [0.25, 0.3) is 0 Å². The minimum absolute atomic E-state index is 0.115. The first kappa shape index (κ1) is 12.0. The molecule has 0 fully saturated rings. The molecule has 1 rings (SSSR count). The molecule has 0 amide bonds. The van der Waals surface area contributed by atoms with Crippen LogP contribution in [0.2, 0.25) is 0 Å². The van der Waals surface area contributed by atoms with Crippen LogP contribution in [0.25, 0.3) is 0 Å². The van der Waals surface area contributed by atoms with Crippen LogP contribution < -0.4 is 11.5 Å². The first-order valence-corrected chi connectivity index (χ1v) is 5.62. The maximum atomic E-state index is 9.11. The van der Waals surface area contributed by atoms with E-state index in [4.69, 9.17) is 16.6 Å². The lowest BCUT2D eigenvalue weighted by atomic mass is 9.94. The van der Waals surface area contributed by atoms with Gasteiger partial charge in [-0.05, 0) is 56.5 Å². The predicted octanol–water partition coefficient (Wildman–Crippen LogP) is 1.96. The van der Waals surface area contributed by atoms with Gasteiger partial charge in [-0.15, -0.1) is 0 Å². The third kappa shape index (κ3) is 2.28. The molecule has 5 heteroatoms. The van der Waals surface area contributed by atoms with Gasteiger partial charge in [0.15, 0.2) is 0 Å². The fourth-order valence-corrected chi connectivity index (χ4v) is 2.19. The van der Waals surface area contributed by atoms with E-state index in [-0.39, 0.29) is 6.61 Å². The monoisotopic (exact) mass is 322 g/mol. The van der Waals surface area contributed by atoms with Crippen molar-refractivity contribution in [3.8, 4) is 0 Å². The van der Waals surface area contributed by atoms with Crippen LogP contribution in [0.15, 0.2) is 21.1 Å². The molecule has 1 aromatic rings. The summed E-state index contributed by atoms with van der Waals surface area (Å²) < 4.78 is 1.54. The van der Waals surface area contributed by atoms with E-state index in [1.807, 2.05) is 12.1 Å². The van der Waals surface area contributed by atoms with Crippen molar-refractivity contribution in [2.45, 2.75) is 12.5 Å². The molecular weight excluding hydrogens is 312 g/mol. The second-order valence-corrected chi connectivity index (χ2v) is 5.14. The van der Waals surface area contributed by atoms with Crippen molar-refractivity contribution < 1.29 is 5.11 Å². The van der Waals surface area contributed by atoms with Crippen LogP contribution in [0.4, 0.5) is 5.69 Å². The molecule has 0 aliphatic heterocycles. The molecule has 0 aliphatic rings. The van der Waals surface area contributed by atoms with Crippen molar-refractivity contribution >= 4 is 37.5 Å². The second kappa shape index (κ2) is 4.18. The quantitative estimate of drug-likeness (QED) is 0.728. The third-order valence-corrected chi connectivity index (χ3v) is 3.38. The van der Waals surface area contributed by atoms with E-state index in [0.717, 1.165) is 14.5 Å². The molecule has 0 radical (unpaired) electrons. The minimum atomic E-state index is -0.751. The van der Waals surface area contributed by atoms with Gasteiger partial charge in [0.05, 0.1) is 17.8 Å². The van der Waals surface area contributed by atoms with Crippen LogP contribution in [0, 0.1) is 0 Å². The minimum Gasteiger partial charge on any atom is -0.397 e. The van der Waals surface area contributed by atoms with Crippen molar-refractivity contribution in [2.75, 3.05) is 12.3 Å². The topological polar surface area (TPSA) is 72.3 Å². The molecule has 78 valence electrons. The Morgan fingerprint density at radius 2 is 1.79 bits per heavy atom. The first-order chi connectivity index (χ1) is 6.38. The summed E-state index contributed by atoms with van der Waals surface area (Å²) in [5, 5.41) is 9.11. The molecule has 0 heterocycles. The Balaban J connectivity index is 3.26. The predicted molar refractivity (Wildman–Crippen MR) is 64.9 cm³/mol. The Kier molecular flexibility index (Phi) is 3.58. The zero-order chi connectivity index (χ0) is 10.9. The number of benzene rings is 1. The van der Waals surface area contributed by atoms with Gasteiger partial charge in [-0.25, -0.2) is 0 Å². The van der Waals surface area contributed by atoms with Crippen molar-refractivity contribution in [1.82, 2.24) is 0 Å². The van der Waals surface area contributed by atoms with E-state index >= 15 is 0 Å². The SMILES string of the molecule is CC(N)(CO)c1cc(Br)c(N)c(Br)c1. The van der Waals surface area contributed by atoms with E-state index in [2.05, 4.69) is 31.9 Å². The molecule has 0 spiro atoms. The normalized spacial score (nSPS) is 15.2. The average molecular weight is 324 g/mol. The van der Waals surface area contributed by atoms with Crippen LogP contribution in [-0.4, -0.2) is 11.7 Å². The Morgan fingerprint density at radius 3 is 2.14 bits per heavy atom. The summed E-state index contributed by atoms with van der Waals surface area (Å²) in [4.78, 5) is 0. The molecule has 1 atom stereocenters. The van der Waals surface area contributed by atoms with Gasteiger partial charge in [0.1, 0.15) is 0 Å². The molecule has 0 bridgehead atoms. The maximum Gasteiger partial charge on any atom is 0.0650 e. The van der Waals surface area contributed by atoms with Gasteiger partial charge in [0, 0.05) is 8.95 Å². The van der Waals surface area contributed by atoms with Gasteiger partial charge < -0.3 is 16.6 Å². The van der Waals surface area contributed by atoms with E-state index < -0.39 is 5.54 Å². The zero-order valence-corrected chi connectivity index (χ0v) is 10.9. The van der Waals surface area contributed by atoms with Crippen LogP contribution in [0.3, 0.4) is 0 Å². The number of aliphatic hydroxyl groups excluding tert-OH is 1. The molecular formula is C9H12Br2N2O. The van der Waals surface area contributed by atoms with E-state index in [1.54, 1.807) is 6.92 Å². The molecule has 3 nitrogen and oxygen atoms in total. The average Bonchev–Trinajstić information content (AvgIpc) is 2.13. The highest BCUT2D eigenvalue weighted by atomic mass is 79.9. The summed E-state index contributed by atoms with van der Waals surface area (Å²) in [6.07, 6.45) is 0. The largest absolute Gasteiger partial charge is 0.397 e. The molecule has 0 saturated heterocycles.